The molecule has 15 nitrogen and oxygen atoms in total. The van der Waals surface area contributed by atoms with Gasteiger partial charge in [0.2, 0.25) is 0 Å². The lowest BCUT2D eigenvalue weighted by Crippen LogP contribution is -2.49. The summed E-state index contributed by atoms with van der Waals surface area (Å²) in [4.78, 5) is 37.0. The molecule has 1 aliphatic heterocycles. The largest absolute Gasteiger partial charge is 0.695 e. The summed E-state index contributed by atoms with van der Waals surface area (Å²) in [5.41, 5.74) is 1.73. The van der Waals surface area contributed by atoms with Crippen molar-refractivity contribution in [3.05, 3.63) is 139 Å². The summed E-state index contributed by atoms with van der Waals surface area (Å²) in [7, 11) is -2.59. The molecule has 0 saturated carbocycles. The van der Waals surface area contributed by atoms with Gasteiger partial charge in [-0.1, -0.05) is 93.6 Å². The smallest absolute Gasteiger partial charge is 0.497 e. The van der Waals surface area contributed by atoms with E-state index in [9.17, 15) is 14.3 Å². The van der Waals surface area contributed by atoms with Gasteiger partial charge in [-0.05, 0) is 71.2 Å². The molecule has 5 atom stereocenters. The first-order valence-corrected chi connectivity index (χ1v) is 24.1. The minimum absolute atomic E-state index is 0.140. The molecule has 0 bridgehead atoms. The van der Waals surface area contributed by atoms with E-state index < -0.39 is 52.6 Å². The number of benzene rings is 4. The average Bonchev–Trinajstić information content (AvgIpc) is 3.84. The summed E-state index contributed by atoms with van der Waals surface area (Å²) in [6.07, 6.45) is -1.21. The van der Waals surface area contributed by atoms with Crippen LogP contribution in [0.2, 0.25) is 18.1 Å². The summed E-state index contributed by atoms with van der Waals surface area (Å²) in [6.45, 7) is 10.1. The van der Waals surface area contributed by atoms with E-state index in [-0.39, 0.29) is 29.6 Å². The number of carbonyl (C=O) groups excluding carboxylic acids is 1. The number of hydrogen-bond donors (Lipinski definition) is 2. The van der Waals surface area contributed by atoms with Gasteiger partial charge >= 0.3 is 8.25 Å². The first-order valence-electron chi connectivity index (χ1n) is 20.0. The van der Waals surface area contributed by atoms with Crippen molar-refractivity contribution in [2.45, 2.75) is 69.0 Å². The molecule has 0 radical (unpaired) electrons. The van der Waals surface area contributed by atoms with Gasteiger partial charge in [0, 0.05) is 4.57 Å². The van der Waals surface area contributed by atoms with Crippen LogP contribution < -0.4 is 19.5 Å². The summed E-state index contributed by atoms with van der Waals surface area (Å²) < 4.78 is 58.2. The molecule has 2 N–H and O–H groups in total. The summed E-state index contributed by atoms with van der Waals surface area (Å²) >= 11 is 0. The molecule has 4 aromatic carbocycles. The van der Waals surface area contributed by atoms with Crippen LogP contribution in [0.15, 0.2) is 122 Å². The van der Waals surface area contributed by atoms with E-state index in [1.165, 1.54) is 12.7 Å². The van der Waals surface area contributed by atoms with Crippen LogP contribution in [0.5, 0.6) is 17.2 Å². The number of carbonyl (C=O) groups is 1. The second kappa shape index (κ2) is 18.8. The number of aromatic nitrogens is 4. The fourth-order valence-electron chi connectivity index (χ4n) is 7.18. The number of ether oxygens (including phenoxy) is 5. The van der Waals surface area contributed by atoms with Gasteiger partial charge in [-0.25, -0.2) is 15.0 Å². The van der Waals surface area contributed by atoms with Gasteiger partial charge in [0.1, 0.15) is 41.4 Å². The summed E-state index contributed by atoms with van der Waals surface area (Å²) in [5, 5.41) is 2.51. The van der Waals surface area contributed by atoms with Gasteiger partial charge in [-0.15, -0.1) is 9.42 Å². The Balaban J connectivity index is 1.29. The number of rotatable bonds is 17. The van der Waals surface area contributed by atoms with Crippen molar-refractivity contribution in [3.8, 4) is 17.2 Å². The highest BCUT2D eigenvalue weighted by atomic mass is 31.1. The number of para-hydroxylation sites is 1. The van der Waals surface area contributed by atoms with Crippen molar-refractivity contribution in [1.82, 2.24) is 19.5 Å². The molecule has 2 aromatic heterocycles. The summed E-state index contributed by atoms with van der Waals surface area (Å²) in [5.74, 6) is 1.58. The fourth-order valence-corrected chi connectivity index (χ4v) is 8.93. The number of hydrogen-bond acceptors (Lipinski definition) is 12. The minimum atomic E-state index is -3.15. The Kier molecular flexibility index (Phi) is 13.5. The average molecular weight is 881 g/mol. The molecule has 17 heteroatoms. The minimum Gasteiger partial charge on any atom is -0.497 e. The van der Waals surface area contributed by atoms with Crippen LogP contribution in [0, 0.1) is 0 Å². The lowest BCUT2D eigenvalue weighted by molar-refractivity contribution is -0.118. The van der Waals surface area contributed by atoms with Crippen LogP contribution in [0.4, 0.5) is 5.82 Å². The maximum absolute atomic E-state index is 13.0. The standard InChI is InChI=1S/C45H50N5O10PSi/c1-44(2,3)62(6,7)60-40-39(59-61(52)53)36(58-43(40)50-29-48-38-41(46-28-47-42(38)50)49-37(51)27-56-35-16-12-9-13-17-35)26-57-45(30-14-10-8-11-15-30,31-18-22-33(54-4)23-19-31)32-20-24-34(55-5)25-21-32/h8-25,28-29,36,39-40,43H,26-27H2,1-7H3,(H-,46,47,49,51,52,53)/p+1/t36-,39-,40-,43-/m1/s1. The molecule has 3 heterocycles. The monoisotopic (exact) mass is 880 g/mol. The molecule has 1 aliphatic rings. The van der Waals surface area contributed by atoms with E-state index >= 15 is 0 Å². The van der Waals surface area contributed by atoms with Crippen molar-refractivity contribution in [3.63, 3.8) is 0 Å². The van der Waals surface area contributed by atoms with Crippen molar-refractivity contribution < 1.29 is 46.9 Å². The molecule has 1 fully saturated rings. The predicted molar refractivity (Wildman–Crippen MR) is 235 cm³/mol. The third-order valence-electron chi connectivity index (χ3n) is 11.4. The van der Waals surface area contributed by atoms with Gasteiger partial charge < -0.3 is 33.4 Å². The van der Waals surface area contributed by atoms with Gasteiger partial charge in [0.05, 0.1) is 27.2 Å². The maximum atomic E-state index is 13.0. The van der Waals surface area contributed by atoms with Crippen LogP contribution in [-0.4, -0.2) is 84.4 Å². The topological polar surface area (TPSA) is 175 Å². The molecule has 324 valence electrons. The molecule has 1 unspecified atom stereocenters. The Hall–Kier alpha value is -5.58. The number of amides is 1. The molecule has 62 heavy (non-hydrogen) atoms. The zero-order valence-electron chi connectivity index (χ0n) is 35.6. The van der Waals surface area contributed by atoms with Crippen molar-refractivity contribution in [1.29, 1.82) is 0 Å². The first-order chi connectivity index (χ1) is 29.7. The molecule has 6 aromatic rings. The van der Waals surface area contributed by atoms with E-state index in [2.05, 4.69) is 54.1 Å². The third kappa shape index (κ3) is 9.42. The lowest BCUT2D eigenvalue weighted by Gasteiger charge is -2.40. The van der Waals surface area contributed by atoms with Gasteiger partial charge in [0.25, 0.3) is 5.91 Å². The SMILES string of the molecule is COc1ccc(C(OC[C@H]2O[C@@H](n3cnc4c(NC(=O)COc5ccccc5)ncnc43)[C@H](O[Si](C)(C)C(C)(C)C)[C@@H]2O[P+](=O)O)(c2ccccc2)c2ccc(OC)cc2)cc1. The number of nitrogens with zero attached hydrogens (tertiary/aromatic N) is 4. The van der Waals surface area contributed by atoms with Crippen LogP contribution in [-0.2, 0) is 33.4 Å². The quantitative estimate of drug-likeness (QED) is 0.0510. The second-order valence-corrected chi connectivity index (χ2v) is 21.7. The molecule has 1 saturated heterocycles. The highest BCUT2D eigenvalue weighted by molar-refractivity contribution is 7.32. The Labute approximate surface area is 362 Å². The fraction of sp³-hybridized carbons (Fsp3) is 0.333. The van der Waals surface area contributed by atoms with Gasteiger partial charge in [-0.2, -0.15) is 0 Å². The lowest BCUT2D eigenvalue weighted by atomic mass is 9.80. The highest BCUT2D eigenvalue weighted by Crippen LogP contribution is 2.47. The van der Waals surface area contributed by atoms with Crippen LogP contribution in [0.1, 0.15) is 43.7 Å². The van der Waals surface area contributed by atoms with E-state index in [1.54, 1.807) is 30.9 Å². The van der Waals surface area contributed by atoms with Gasteiger partial charge in [0.15, 0.2) is 44.2 Å². The Morgan fingerprint density at radius 3 is 1.95 bits per heavy atom. The zero-order chi connectivity index (χ0) is 44.1. The molecular weight excluding hydrogens is 830 g/mol. The van der Waals surface area contributed by atoms with Crippen molar-refractivity contribution in [2.75, 3.05) is 32.8 Å². The Morgan fingerprint density at radius 2 is 1.39 bits per heavy atom. The van der Waals surface area contributed by atoms with Crippen molar-refractivity contribution in [2.24, 2.45) is 0 Å². The summed E-state index contributed by atoms with van der Waals surface area (Å²) in [6, 6.07) is 34.0. The number of anilines is 1. The van der Waals surface area contributed by atoms with E-state index in [4.69, 9.17) is 32.6 Å². The molecule has 0 spiro atoms. The van der Waals surface area contributed by atoms with E-state index in [1.807, 2.05) is 97.1 Å². The Bertz CT molecular complexity index is 2400. The van der Waals surface area contributed by atoms with Crippen LogP contribution >= 0.6 is 8.25 Å². The normalized spacial score (nSPS) is 18.4. The van der Waals surface area contributed by atoms with E-state index in [0.29, 0.717) is 22.9 Å². The molecule has 7 rings (SSSR count). The third-order valence-corrected chi connectivity index (χ3v) is 16.3. The number of methoxy groups -OCH3 is 2. The first kappa shape index (κ1) is 44.5. The van der Waals surface area contributed by atoms with E-state index in [0.717, 1.165) is 16.7 Å². The molecular formula is C45H51N5O10PSi+. The van der Waals surface area contributed by atoms with Crippen molar-refractivity contribution >= 4 is 39.5 Å². The second-order valence-electron chi connectivity index (χ2n) is 16.2. The van der Waals surface area contributed by atoms with Gasteiger partial charge in [-0.3, -0.25) is 9.36 Å². The number of imidazole rings is 1. The number of fused-ring (bicyclic) bond motifs is 1. The number of nitrogens with one attached hydrogen (secondary N) is 1. The molecule has 1 amide bonds. The maximum Gasteiger partial charge on any atom is 0.695 e. The highest BCUT2D eigenvalue weighted by Gasteiger charge is 2.56. The Morgan fingerprint density at radius 1 is 0.806 bits per heavy atom. The molecule has 0 aliphatic carbocycles. The zero-order valence-corrected chi connectivity index (χ0v) is 37.5. The van der Waals surface area contributed by atoms with Crippen LogP contribution in [0.3, 0.4) is 0 Å². The van der Waals surface area contributed by atoms with Crippen LogP contribution in [0.25, 0.3) is 11.2 Å². The predicted octanol–water partition coefficient (Wildman–Crippen LogP) is 8.19.